The minimum Gasteiger partial charge on any atom is -0.487 e. The highest BCUT2D eigenvalue weighted by Crippen LogP contribution is 2.34. The summed E-state index contributed by atoms with van der Waals surface area (Å²) < 4.78 is 6.78. The first-order chi connectivity index (χ1) is 9.49. The fourth-order valence-electron chi connectivity index (χ4n) is 1.55. The molecule has 0 radical (unpaired) electrons. The van der Waals surface area contributed by atoms with Crippen LogP contribution in [0.1, 0.15) is 5.56 Å². The molecule has 0 heterocycles. The summed E-state index contributed by atoms with van der Waals surface area (Å²) in [5.41, 5.74) is 0.762. The molecule has 0 aliphatic heterocycles. The maximum absolute atomic E-state index is 10.8. The number of nitro groups is 1. The third-order valence-electron chi connectivity index (χ3n) is 2.54. The maximum atomic E-state index is 10.8. The molecule has 104 valence electrons. The first-order valence-corrected chi connectivity index (χ1v) is 7.45. The van der Waals surface area contributed by atoms with Crippen molar-refractivity contribution in [2.75, 3.05) is 0 Å². The normalized spacial score (nSPS) is 10.3. The molecular weight excluding hydrogens is 413 g/mol. The highest BCUT2D eigenvalue weighted by molar-refractivity contribution is 9.11. The molecule has 0 saturated carbocycles. The van der Waals surface area contributed by atoms with E-state index in [0.29, 0.717) is 15.2 Å². The van der Waals surface area contributed by atoms with Crippen LogP contribution in [0.4, 0.5) is 5.69 Å². The third-order valence-corrected chi connectivity index (χ3v) is 4.18. The van der Waals surface area contributed by atoms with E-state index in [-0.39, 0.29) is 12.3 Å². The van der Waals surface area contributed by atoms with E-state index in [1.54, 1.807) is 18.2 Å². The molecule has 0 aliphatic carbocycles. The number of nitrogens with zero attached hydrogens (tertiary/aromatic N) is 1. The zero-order chi connectivity index (χ0) is 14.7. The summed E-state index contributed by atoms with van der Waals surface area (Å²) in [6, 6.07) is 10.1. The number of hydrogen-bond acceptors (Lipinski definition) is 3. The number of halogens is 3. The van der Waals surface area contributed by atoms with Gasteiger partial charge in [-0.2, -0.15) is 0 Å². The lowest BCUT2D eigenvalue weighted by Gasteiger charge is -2.09. The lowest BCUT2D eigenvalue weighted by molar-refractivity contribution is -0.385. The van der Waals surface area contributed by atoms with Gasteiger partial charge in [-0.25, -0.2) is 0 Å². The van der Waals surface area contributed by atoms with E-state index in [1.165, 1.54) is 6.07 Å². The SMILES string of the molecule is O=[N+]([O-])c1cccc(OCc2ccc(Br)cc2Cl)c1Br. The number of rotatable bonds is 4. The van der Waals surface area contributed by atoms with E-state index >= 15 is 0 Å². The summed E-state index contributed by atoms with van der Waals surface area (Å²) in [6.45, 7) is 0.228. The molecule has 0 N–H and O–H groups in total. The van der Waals surface area contributed by atoms with Crippen LogP contribution >= 0.6 is 43.5 Å². The molecule has 7 heteroatoms. The minimum atomic E-state index is -0.469. The molecule has 0 saturated heterocycles. The van der Waals surface area contributed by atoms with Gasteiger partial charge in [-0.15, -0.1) is 0 Å². The average Bonchev–Trinajstić information content (AvgIpc) is 2.39. The quantitative estimate of drug-likeness (QED) is 0.494. The van der Waals surface area contributed by atoms with Crippen LogP contribution in [0.3, 0.4) is 0 Å². The summed E-state index contributed by atoms with van der Waals surface area (Å²) >= 11 is 12.6. The van der Waals surface area contributed by atoms with Crippen LogP contribution in [0.5, 0.6) is 5.75 Å². The van der Waals surface area contributed by atoms with Crippen molar-refractivity contribution in [1.82, 2.24) is 0 Å². The Morgan fingerprint density at radius 3 is 2.65 bits per heavy atom. The van der Waals surface area contributed by atoms with Gasteiger partial charge in [0.1, 0.15) is 16.8 Å². The molecule has 0 bridgehead atoms. The van der Waals surface area contributed by atoms with Crippen molar-refractivity contribution in [3.63, 3.8) is 0 Å². The van der Waals surface area contributed by atoms with Crippen molar-refractivity contribution in [3.05, 3.63) is 66.0 Å². The maximum Gasteiger partial charge on any atom is 0.287 e. The first-order valence-electron chi connectivity index (χ1n) is 5.48. The molecule has 0 aromatic heterocycles. The van der Waals surface area contributed by atoms with E-state index in [0.717, 1.165) is 10.0 Å². The molecule has 0 amide bonds. The molecule has 2 aromatic carbocycles. The third kappa shape index (κ3) is 3.50. The summed E-state index contributed by atoms with van der Waals surface area (Å²) in [4.78, 5) is 10.4. The Balaban J connectivity index is 2.19. The number of nitro benzene ring substituents is 1. The van der Waals surface area contributed by atoms with Crippen LogP contribution in [0.25, 0.3) is 0 Å². The van der Waals surface area contributed by atoms with Crippen molar-refractivity contribution in [1.29, 1.82) is 0 Å². The van der Waals surface area contributed by atoms with Crippen molar-refractivity contribution in [2.45, 2.75) is 6.61 Å². The predicted octanol–water partition coefficient (Wildman–Crippen LogP) is 5.35. The highest BCUT2D eigenvalue weighted by atomic mass is 79.9. The van der Waals surface area contributed by atoms with Crippen LogP contribution in [-0.2, 0) is 6.61 Å². The van der Waals surface area contributed by atoms with Gasteiger partial charge >= 0.3 is 0 Å². The average molecular weight is 421 g/mol. The van der Waals surface area contributed by atoms with Gasteiger partial charge in [-0.3, -0.25) is 10.1 Å². The van der Waals surface area contributed by atoms with E-state index < -0.39 is 4.92 Å². The molecular formula is C13H8Br2ClNO3. The number of benzene rings is 2. The van der Waals surface area contributed by atoms with Crippen molar-refractivity contribution in [2.24, 2.45) is 0 Å². The Bertz CT molecular complexity index is 664. The molecule has 0 unspecified atom stereocenters. The van der Waals surface area contributed by atoms with Gasteiger partial charge < -0.3 is 4.74 Å². The first kappa shape index (κ1) is 15.3. The molecule has 0 aliphatic rings. The Morgan fingerprint density at radius 1 is 1.25 bits per heavy atom. The lowest BCUT2D eigenvalue weighted by atomic mass is 10.2. The van der Waals surface area contributed by atoms with Gasteiger partial charge in [0.05, 0.1) is 4.92 Å². The second-order valence-corrected chi connectivity index (χ2v) is 5.99. The largest absolute Gasteiger partial charge is 0.487 e. The molecule has 0 fully saturated rings. The summed E-state index contributed by atoms with van der Waals surface area (Å²) in [6.07, 6.45) is 0. The fraction of sp³-hybridized carbons (Fsp3) is 0.0769. The van der Waals surface area contributed by atoms with E-state index in [1.807, 2.05) is 12.1 Å². The standard InChI is InChI=1S/C13H8Br2ClNO3/c14-9-5-4-8(10(16)6-9)7-20-12-3-1-2-11(13(12)15)17(18)19/h1-6H,7H2. The van der Waals surface area contributed by atoms with Crippen molar-refractivity contribution in [3.8, 4) is 5.75 Å². The van der Waals surface area contributed by atoms with Gasteiger partial charge in [0.2, 0.25) is 0 Å². The fourth-order valence-corrected chi connectivity index (χ4v) is 2.80. The Kier molecular flexibility index (Phi) is 5.01. The molecule has 20 heavy (non-hydrogen) atoms. The number of hydrogen-bond donors (Lipinski definition) is 0. The van der Waals surface area contributed by atoms with Crippen molar-refractivity contribution >= 4 is 49.1 Å². The summed E-state index contributed by atoms with van der Waals surface area (Å²) in [5.74, 6) is 0.401. The van der Waals surface area contributed by atoms with Gasteiger partial charge in [-0.05, 0) is 34.1 Å². The van der Waals surface area contributed by atoms with Gasteiger partial charge in [0.25, 0.3) is 5.69 Å². The van der Waals surface area contributed by atoms with Gasteiger partial charge in [0, 0.05) is 21.1 Å². The molecule has 0 atom stereocenters. The Labute approximate surface area is 137 Å². The van der Waals surface area contributed by atoms with Crippen molar-refractivity contribution < 1.29 is 9.66 Å². The van der Waals surface area contributed by atoms with Crippen LogP contribution in [0.15, 0.2) is 45.3 Å². The predicted molar refractivity (Wildman–Crippen MR) is 84.3 cm³/mol. The second kappa shape index (κ2) is 6.56. The highest BCUT2D eigenvalue weighted by Gasteiger charge is 2.16. The Morgan fingerprint density at radius 2 is 2.00 bits per heavy atom. The molecule has 0 spiro atoms. The summed E-state index contributed by atoms with van der Waals surface area (Å²) in [7, 11) is 0. The minimum absolute atomic E-state index is 0.0376. The van der Waals surface area contributed by atoms with E-state index in [9.17, 15) is 10.1 Å². The van der Waals surface area contributed by atoms with E-state index in [4.69, 9.17) is 16.3 Å². The van der Waals surface area contributed by atoms with Crippen LogP contribution < -0.4 is 4.74 Å². The topological polar surface area (TPSA) is 52.4 Å². The second-order valence-electron chi connectivity index (χ2n) is 3.87. The molecule has 2 rings (SSSR count). The summed E-state index contributed by atoms with van der Waals surface area (Å²) in [5, 5.41) is 11.4. The smallest absolute Gasteiger partial charge is 0.287 e. The Hall–Kier alpha value is -1.11. The van der Waals surface area contributed by atoms with Gasteiger partial charge in [-0.1, -0.05) is 39.7 Å². The van der Waals surface area contributed by atoms with E-state index in [2.05, 4.69) is 31.9 Å². The van der Waals surface area contributed by atoms with Gasteiger partial charge in [0.15, 0.2) is 0 Å². The van der Waals surface area contributed by atoms with Crippen LogP contribution in [-0.4, -0.2) is 4.92 Å². The molecule has 2 aromatic rings. The zero-order valence-electron chi connectivity index (χ0n) is 9.98. The lowest BCUT2D eigenvalue weighted by Crippen LogP contribution is -1.98. The zero-order valence-corrected chi connectivity index (χ0v) is 13.9. The van der Waals surface area contributed by atoms with Crippen LogP contribution in [0.2, 0.25) is 5.02 Å². The number of ether oxygens (including phenoxy) is 1. The van der Waals surface area contributed by atoms with Crippen LogP contribution in [0, 0.1) is 10.1 Å². The monoisotopic (exact) mass is 419 g/mol. The molecule has 4 nitrogen and oxygen atoms in total.